The topological polar surface area (TPSA) is 36.9 Å². The van der Waals surface area contributed by atoms with E-state index in [0.717, 1.165) is 0 Å². The molecule has 0 spiro atoms. The standard InChI is InChI=1S/C4H2B2O4/c1-2-8-5(7-1)6-9-3-4-10-6/h1-2H. The molecule has 6 heteroatoms. The average molecular weight is 136 g/mol. The second-order valence-corrected chi connectivity index (χ2v) is 1.72. The summed E-state index contributed by atoms with van der Waals surface area (Å²) in [5.74, 6) is 0. The third kappa shape index (κ3) is 0.760. The molecule has 0 N–H and O–H groups in total. The molecular formula is C4H2B2O4. The molecule has 0 aromatic rings. The van der Waals surface area contributed by atoms with Crippen LogP contribution >= 0.6 is 0 Å². The molecule has 0 saturated carbocycles. The Morgan fingerprint density at radius 2 is 1.50 bits per heavy atom. The molecule has 0 fully saturated rings. The van der Waals surface area contributed by atoms with E-state index >= 15 is 0 Å². The highest BCUT2D eigenvalue weighted by Crippen LogP contribution is 2.07. The predicted octanol–water partition coefficient (Wildman–Crippen LogP) is -0.476. The van der Waals surface area contributed by atoms with Crippen LogP contribution in [0, 0.1) is 12.2 Å². The fourth-order valence-corrected chi connectivity index (χ4v) is 0.679. The minimum atomic E-state index is -0.574. The van der Waals surface area contributed by atoms with Gasteiger partial charge in [-0.1, -0.05) is 0 Å². The lowest BCUT2D eigenvalue weighted by molar-refractivity contribution is 0.376. The van der Waals surface area contributed by atoms with Crippen molar-refractivity contribution >= 4 is 14.0 Å². The molecule has 2 aliphatic heterocycles. The Labute approximate surface area is 58.4 Å². The van der Waals surface area contributed by atoms with Crippen LogP contribution in [0.15, 0.2) is 12.5 Å². The maximum absolute atomic E-state index is 4.90. The van der Waals surface area contributed by atoms with Gasteiger partial charge in [-0.3, -0.25) is 0 Å². The van der Waals surface area contributed by atoms with Crippen LogP contribution in [-0.2, 0) is 18.6 Å². The zero-order valence-electron chi connectivity index (χ0n) is 4.94. The van der Waals surface area contributed by atoms with E-state index in [-0.39, 0.29) is 0 Å². The van der Waals surface area contributed by atoms with Crippen LogP contribution in [-0.4, -0.2) is 14.0 Å². The summed E-state index contributed by atoms with van der Waals surface area (Å²) in [6.07, 6.45) is 7.43. The monoisotopic (exact) mass is 136 g/mol. The Kier molecular flexibility index (Phi) is 1.14. The average Bonchev–Trinajstić information content (AvgIpc) is 2.59. The highest BCUT2D eigenvalue weighted by Gasteiger charge is 2.50. The predicted molar refractivity (Wildman–Crippen MR) is 32.8 cm³/mol. The molecule has 10 heavy (non-hydrogen) atoms. The van der Waals surface area contributed by atoms with Gasteiger partial charge in [0, 0.05) is 0 Å². The van der Waals surface area contributed by atoms with Crippen LogP contribution in [0.25, 0.3) is 0 Å². The largest absolute Gasteiger partial charge is 0.675 e. The quantitative estimate of drug-likeness (QED) is 0.360. The summed E-state index contributed by atoms with van der Waals surface area (Å²) in [4.78, 5) is 0. The van der Waals surface area contributed by atoms with Gasteiger partial charge in [-0.25, -0.2) is 0 Å². The van der Waals surface area contributed by atoms with Crippen LogP contribution in [0.5, 0.6) is 0 Å². The summed E-state index contributed by atoms with van der Waals surface area (Å²) in [6, 6.07) is 0. The number of rotatable bonds is 1. The maximum atomic E-state index is 4.90. The lowest BCUT2D eigenvalue weighted by Crippen LogP contribution is -2.38. The van der Waals surface area contributed by atoms with Gasteiger partial charge in [0.15, 0.2) is 0 Å². The number of hydrogen-bond acceptors (Lipinski definition) is 4. The van der Waals surface area contributed by atoms with Crippen LogP contribution in [0.3, 0.4) is 0 Å². The van der Waals surface area contributed by atoms with Crippen LogP contribution in [0.1, 0.15) is 0 Å². The summed E-state index contributed by atoms with van der Waals surface area (Å²) in [7, 11) is -1.10. The second-order valence-electron chi connectivity index (χ2n) is 1.72. The summed E-state index contributed by atoms with van der Waals surface area (Å²) in [5, 5.41) is 0. The van der Waals surface area contributed by atoms with Crippen molar-refractivity contribution in [3.8, 4) is 12.2 Å². The fourth-order valence-electron chi connectivity index (χ4n) is 0.679. The smallest absolute Gasteiger partial charge is 0.530 e. The van der Waals surface area contributed by atoms with Crippen molar-refractivity contribution in [3.05, 3.63) is 12.5 Å². The van der Waals surface area contributed by atoms with Crippen molar-refractivity contribution in [2.24, 2.45) is 0 Å². The molecule has 4 nitrogen and oxygen atoms in total. The van der Waals surface area contributed by atoms with E-state index in [1.54, 1.807) is 0 Å². The number of hydrogen-bond donors (Lipinski definition) is 0. The lowest BCUT2D eigenvalue weighted by atomic mass is 9.49. The molecule has 0 atom stereocenters. The van der Waals surface area contributed by atoms with Crippen molar-refractivity contribution in [1.29, 1.82) is 0 Å². The molecule has 2 heterocycles. The van der Waals surface area contributed by atoms with Gasteiger partial charge in [-0.05, 0) is 0 Å². The molecule has 2 aliphatic rings. The van der Waals surface area contributed by atoms with Gasteiger partial charge in [0.05, 0.1) is 12.5 Å². The SMILES string of the molecule is C1#COB(B2OC=CO2)O1. The molecule has 0 radical (unpaired) electrons. The second kappa shape index (κ2) is 2.10. The molecule has 48 valence electrons. The maximum Gasteiger partial charge on any atom is 0.675 e. The molecule has 0 bridgehead atoms. The van der Waals surface area contributed by atoms with Gasteiger partial charge in [-0.15, -0.1) is 0 Å². The van der Waals surface area contributed by atoms with Crippen molar-refractivity contribution in [2.45, 2.75) is 0 Å². The van der Waals surface area contributed by atoms with Crippen molar-refractivity contribution in [3.63, 3.8) is 0 Å². The van der Waals surface area contributed by atoms with E-state index in [2.05, 4.69) is 12.2 Å². The van der Waals surface area contributed by atoms with Gasteiger partial charge >= 0.3 is 14.0 Å². The molecule has 0 saturated heterocycles. The molecule has 0 aromatic carbocycles. The Balaban J connectivity index is 1.89. The first-order valence-corrected chi connectivity index (χ1v) is 2.74. The Morgan fingerprint density at radius 3 is 2.10 bits per heavy atom. The van der Waals surface area contributed by atoms with Crippen LogP contribution < -0.4 is 0 Å². The zero-order valence-corrected chi connectivity index (χ0v) is 4.94. The van der Waals surface area contributed by atoms with Gasteiger partial charge in [0.2, 0.25) is 0 Å². The molecule has 0 aliphatic carbocycles. The summed E-state index contributed by atoms with van der Waals surface area (Å²) >= 11 is 0. The first-order valence-electron chi connectivity index (χ1n) is 2.74. The highest BCUT2D eigenvalue weighted by molar-refractivity contribution is 7.11. The van der Waals surface area contributed by atoms with Gasteiger partial charge < -0.3 is 18.6 Å². The van der Waals surface area contributed by atoms with Crippen LogP contribution in [0.4, 0.5) is 0 Å². The Hall–Kier alpha value is -1.37. The minimum Gasteiger partial charge on any atom is -0.530 e. The van der Waals surface area contributed by atoms with Gasteiger partial charge in [0.25, 0.3) is 0 Å². The van der Waals surface area contributed by atoms with Crippen molar-refractivity contribution < 1.29 is 18.6 Å². The normalized spacial score (nSPS) is 18.4. The highest BCUT2D eigenvalue weighted by atomic mass is 16.7. The van der Waals surface area contributed by atoms with E-state index < -0.39 is 14.0 Å². The van der Waals surface area contributed by atoms with E-state index in [1.165, 1.54) is 12.5 Å². The Morgan fingerprint density at radius 1 is 0.900 bits per heavy atom. The molecule has 0 amide bonds. The first-order chi connectivity index (χ1) is 4.97. The van der Waals surface area contributed by atoms with Crippen molar-refractivity contribution in [2.75, 3.05) is 0 Å². The summed E-state index contributed by atoms with van der Waals surface area (Å²) in [6.45, 7) is 0. The van der Waals surface area contributed by atoms with E-state index in [9.17, 15) is 0 Å². The zero-order chi connectivity index (χ0) is 6.81. The summed E-state index contributed by atoms with van der Waals surface area (Å²) < 4.78 is 19.3. The van der Waals surface area contributed by atoms with Gasteiger partial charge in [0.1, 0.15) is 12.2 Å². The summed E-state index contributed by atoms with van der Waals surface area (Å²) in [5.41, 5.74) is 0. The van der Waals surface area contributed by atoms with E-state index in [4.69, 9.17) is 18.6 Å². The van der Waals surface area contributed by atoms with Crippen molar-refractivity contribution in [1.82, 2.24) is 0 Å². The molecular weight excluding hydrogens is 134 g/mol. The Bertz CT molecular complexity index is 199. The third-order valence-corrected chi connectivity index (χ3v) is 1.09. The molecule has 0 aromatic heterocycles. The fraction of sp³-hybridized carbons (Fsp3) is 0. The lowest BCUT2D eigenvalue weighted by Gasteiger charge is -2.03. The van der Waals surface area contributed by atoms with Crippen LogP contribution in [0.2, 0.25) is 0 Å². The van der Waals surface area contributed by atoms with E-state index in [1.807, 2.05) is 0 Å². The third-order valence-electron chi connectivity index (χ3n) is 1.09. The van der Waals surface area contributed by atoms with E-state index in [0.29, 0.717) is 0 Å². The molecule has 2 rings (SSSR count). The molecule has 0 unspecified atom stereocenters. The van der Waals surface area contributed by atoms with Gasteiger partial charge in [-0.2, -0.15) is 0 Å². The minimum absolute atomic E-state index is 0.525. The first kappa shape index (κ1) is 5.42.